The number of hydrogen-bond donors (Lipinski definition) is 0. The second-order valence-corrected chi connectivity index (χ2v) is 4.40. The van der Waals surface area contributed by atoms with E-state index in [1.807, 2.05) is 0 Å². The lowest BCUT2D eigenvalue weighted by Crippen LogP contribution is -2.11. The Hall–Kier alpha value is -2.15. The summed E-state index contributed by atoms with van der Waals surface area (Å²) < 4.78 is 19.8. The lowest BCUT2D eigenvalue weighted by Gasteiger charge is -2.07. The lowest BCUT2D eigenvalue weighted by atomic mass is 10.3. The van der Waals surface area contributed by atoms with Crippen molar-refractivity contribution in [1.82, 2.24) is 9.55 Å². The molecule has 1 aromatic carbocycles. The fraction of sp³-hybridized carbons (Fsp3) is 0.250. The van der Waals surface area contributed by atoms with Crippen LogP contribution in [0.4, 0.5) is 10.2 Å². The normalized spacial score (nSPS) is 10.6. The Bertz CT molecular complexity index is 645. The van der Waals surface area contributed by atoms with E-state index in [1.165, 1.54) is 29.0 Å². The molecule has 0 spiro atoms. The van der Waals surface area contributed by atoms with Gasteiger partial charge in [-0.1, -0.05) is 11.6 Å². The molecule has 0 atom stereocenters. The maximum Gasteiger partial charge on any atom is 0.342 e. The van der Waals surface area contributed by atoms with Crippen LogP contribution in [0.5, 0.6) is 5.75 Å². The first-order chi connectivity index (χ1) is 9.49. The molecule has 0 bridgehead atoms. The highest BCUT2D eigenvalue weighted by Crippen LogP contribution is 2.21. The summed E-state index contributed by atoms with van der Waals surface area (Å²) in [6, 6.07) is 3.99. The van der Waals surface area contributed by atoms with Gasteiger partial charge in [-0.2, -0.15) is 0 Å². The summed E-state index contributed by atoms with van der Waals surface area (Å²) in [7, 11) is 0. The molecule has 0 aliphatic carbocycles. The van der Waals surface area contributed by atoms with Crippen molar-refractivity contribution >= 4 is 17.4 Å². The van der Waals surface area contributed by atoms with E-state index in [9.17, 15) is 14.5 Å². The number of hydrogen-bond acceptors (Lipinski definition) is 4. The highest BCUT2D eigenvalue weighted by Gasteiger charge is 2.16. The Morgan fingerprint density at radius 3 is 2.95 bits per heavy atom. The van der Waals surface area contributed by atoms with Crippen molar-refractivity contribution in [3.8, 4) is 5.75 Å². The van der Waals surface area contributed by atoms with Crippen molar-refractivity contribution in [3.05, 3.63) is 51.2 Å². The summed E-state index contributed by atoms with van der Waals surface area (Å²) in [5.74, 6) is 0.303. The molecular formula is C12H11ClFN3O3. The van der Waals surface area contributed by atoms with Crippen molar-refractivity contribution in [2.24, 2.45) is 0 Å². The standard InChI is InChI=1S/C12H11ClFN3O3/c1-8-15-7-12(17(18)19)16(8)4-5-20-9-2-3-11(14)10(13)6-9/h2-3,6-7H,4-5H2,1H3. The first kappa shape index (κ1) is 14.3. The van der Waals surface area contributed by atoms with Crippen LogP contribution in [0.1, 0.15) is 5.82 Å². The number of aromatic nitrogens is 2. The van der Waals surface area contributed by atoms with Gasteiger partial charge in [0.1, 0.15) is 30.9 Å². The minimum Gasteiger partial charge on any atom is -0.489 e. The van der Waals surface area contributed by atoms with Gasteiger partial charge in [-0.3, -0.25) is 0 Å². The molecule has 0 aliphatic heterocycles. The van der Waals surface area contributed by atoms with Gasteiger partial charge in [0.05, 0.1) is 5.02 Å². The molecule has 0 fully saturated rings. The number of rotatable bonds is 5. The van der Waals surface area contributed by atoms with Crippen LogP contribution in [0.25, 0.3) is 0 Å². The zero-order valence-electron chi connectivity index (χ0n) is 10.5. The van der Waals surface area contributed by atoms with Crippen LogP contribution in [0.15, 0.2) is 24.4 Å². The van der Waals surface area contributed by atoms with Crippen LogP contribution in [-0.4, -0.2) is 21.1 Å². The topological polar surface area (TPSA) is 70.2 Å². The van der Waals surface area contributed by atoms with Gasteiger partial charge in [0.25, 0.3) is 0 Å². The number of ether oxygens (including phenoxy) is 1. The predicted octanol–water partition coefficient (Wildman–Crippen LogP) is 2.97. The van der Waals surface area contributed by atoms with Crippen molar-refractivity contribution in [1.29, 1.82) is 0 Å². The minimum atomic E-state index is -0.528. The third-order valence-corrected chi connectivity index (χ3v) is 2.99. The maximum atomic E-state index is 13.0. The molecular weight excluding hydrogens is 289 g/mol. The lowest BCUT2D eigenvalue weighted by molar-refractivity contribution is -0.392. The molecule has 0 saturated heterocycles. The first-order valence-corrected chi connectivity index (χ1v) is 6.11. The molecule has 8 heteroatoms. The predicted molar refractivity (Wildman–Crippen MR) is 70.5 cm³/mol. The summed E-state index contributed by atoms with van der Waals surface area (Å²) in [5.41, 5.74) is 0. The molecule has 6 nitrogen and oxygen atoms in total. The second-order valence-electron chi connectivity index (χ2n) is 4.00. The molecule has 2 aromatic rings. The van der Waals surface area contributed by atoms with Crippen LogP contribution in [0.3, 0.4) is 0 Å². The van der Waals surface area contributed by atoms with Crippen LogP contribution in [-0.2, 0) is 6.54 Å². The van der Waals surface area contributed by atoms with E-state index in [0.717, 1.165) is 0 Å². The summed E-state index contributed by atoms with van der Waals surface area (Å²) in [6.07, 6.45) is 1.20. The highest BCUT2D eigenvalue weighted by molar-refractivity contribution is 6.30. The van der Waals surface area contributed by atoms with Gasteiger partial charge in [-0.25, -0.2) is 13.9 Å². The van der Waals surface area contributed by atoms with Crippen molar-refractivity contribution in [2.75, 3.05) is 6.61 Å². The molecule has 1 heterocycles. The average molecular weight is 300 g/mol. The number of benzene rings is 1. The Morgan fingerprint density at radius 2 is 2.30 bits per heavy atom. The molecule has 106 valence electrons. The maximum absolute atomic E-state index is 13.0. The van der Waals surface area contributed by atoms with Crippen LogP contribution >= 0.6 is 11.6 Å². The number of halogens is 2. The Labute approximate surface area is 118 Å². The highest BCUT2D eigenvalue weighted by atomic mass is 35.5. The summed E-state index contributed by atoms with van der Waals surface area (Å²) >= 11 is 5.62. The van der Waals surface area contributed by atoms with Gasteiger partial charge in [0, 0.05) is 13.0 Å². The third-order valence-electron chi connectivity index (χ3n) is 2.70. The van der Waals surface area contributed by atoms with E-state index < -0.39 is 10.7 Å². The first-order valence-electron chi connectivity index (χ1n) is 5.73. The zero-order valence-corrected chi connectivity index (χ0v) is 11.3. The summed E-state index contributed by atoms with van der Waals surface area (Å²) in [5, 5.41) is 10.8. The molecule has 0 saturated carbocycles. The van der Waals surface area contributed by atoms with Gasteiger partial charge < -0.3 is 14.9 Å². The van der Waals surface area contributed by atoms with E-state index in [0.29, 0.717) is 11.6 Å². The average Bonchev–Trinajstić information content (AvgIpc) is 2.76. The minimum absolute atomic E-state index is 0.0349. The molecule has 0 radical (unpaired) electrons. The van der Waals surface area contributed by atoms with Gasteiger partial charge in [-0.05, 0) is 17.1 Å². The van der Waals surface area contributed by atoms with Gasteiger partial charge in [-0.15, -0.1) is 0 Å². The Balaban J connectivity index is 2.01. The number of nitrogens with zero attached hydrogens (tertiary/aromatic N) is 3. The van der Waals surface area contributed by atoms with Crippen molar-refractivity contribution in [2.45, 2.75) is 13.5 Å². The van der Waals surface area contributed by atoms with Gasteiger partial charge in [0.15, 0.2) is 5.82 Å². The molecule has 1 aromatic heterocycles. The molecule has 0 unspecified atom stereocenters. The van der Waals surface area contributed by atoms with Crippen molar-refractivity contribution in [3.63, 3.8) is 0 Å². The number of imidazole rings is 1. The largest absolute Gasteiger partial charge is 0.489 e. The van der Waals surface area contributed by atoms with Crippen LogP contribution < -0.4 is 4.74 Å². The fourth-order valence-corrected chi connectivity index (χ4v) is 1.87. The quantitative estimate of drug-likeness (QED) is 0.628. The van der Waals surface area contributed by atoms with E-state index >= 15 is 0 Å². The van der Waals surface area contributed by atoms with E-state index in [1.54, 1.807) is 6.92 Å². The molecule has 2 rings (SSSR count). The molecule has 0 amide bonds. The monoisotopic (exact) mass is 299 g/mol. The van der Waals surface area contributed by atoms with Crippen LogP contribution in [0.2, 0.25) is 5.02 Å². The smallest absolute Gasteiger partial charge is 0.342 e. The van der Waals surface area contributed by atoms with Crippen molar-refractivity contribution < 1.29 is 14.1 Å². The zero-order chi connectivity index (χ0) is 14.7. The number of nitro groups is 1. The van der Waals surface area contributed by atoms with E-state index in [4.69, 9.17) is 16.3 Å². The summed E-state index contributed by atoms with van der Waals surface area (Å²) in [6.45, 7) is 2.11. The van der Waals surface area contributed by atoms with Gasteiger partial charge >= 0.3 is 5.82 Å². The Morgan fingerprint density at radius 1 is 1.55 bits per heavy atom. The van der Waals surface area contributed by atoms with Crippen LogP contribution in [0, 0.1) is 22.9 Å². The summed E-state index contributed by atoms with van der Waals surface area (Å²) in [4.78, 5) is 14.2. The third kappa shape index (κ3) is 3.05. The van der Waals surface area contributed by atoms with E-state index in [-0.39, 0.29) is 24.0 Å². The SMILES string of the molecule is Cc1ncc([N+](=O)[O-])n1CCOc1ccc(F)c(Cl)c1. The van der Waals surface area contributed by atoms with Gasteiger partial charge in [0.2, 0.25) is 0 Å². The molecule has 0 N–H and O–H groups in total. The fourth-order valence-electron chi connectivity index (χ4n) is 1.70. The second kappa shape index (κ2) is 5.87. The molecule has 0 aliphatic rings. The molecule has 20 heavy (non-hydrogen) atoms. The Kier molecular flexibility index (Phi) is 4.19. The van der Waals surface area contributed by atoms with E-state index in [2.05, 4.69) is 4.98 Å². The number of aryl methyl sites for hydroxylation is 1.